The molecular formula is C28H38N10O8. The molecule has 3 aliphatic rings. The Morgan fingerprint density at radius 3 is 2.04 bits per heavy atom. The first-order chi connectivity index (χ1) is 22.3. The third-order valence-corrected chi connectivity index (χ3v) is 8.88. The average molecular weight is 643 g/mol. The molecule has 0 aromatic carbocycles. The lowest BCUT2D eigenvalue weighted by atomic mass is 10.1. The third-order valence-electron chi connectivity index (χ3n) is 8.88. The molecular weight excluding hydrogens is 604 g/mol. The van der Waals surface area contributed by atoms with Crippen LogP contribution in [0.1, 0.15) is 44.8 Å². The van der Waals surface area contributed by atoms with Crippen molar-refractivity contribution in [2.45, 2.75) is 75.3 Å². The number of hydrogen-bond acceptors (Lipinski definition) is 14. The van der Waals surface area contributed by atoms with Gasteiger partial charge in [-0.3, -0.25) is 28.3 Å². The Labute approximate surface area is 262 Å². The van der Waals surface area contributed by atoms with Crippen molar-refractivity contribution in [2.75, 3.05) is 52.3 Å². The predicted octanol–water partition coefficient (Wildman–Crippen LogP) is 0.739. The summed E-state index contributed by atoms with van der Waals surface area (Å²) in [5.74, 6) is 0.526. The molecule has 0 saturated carbocycles. The molecule has 18 nitrogen and oxygen atoms in total. The van der Waals surface area contributed by atoms with Gasteiger partial charge in [-0.05, 0) is 6.92 Å². The van der Waals surface area contributed by atoms with Gasteiger partial charge in [0.15, 0.2) is 22.3 Å². The zero-order chi connectivity index (χ0) is 32.1. The predicted molar refractivity (Wildman–Crippen MR) is 163 cm³/mol. The number of imidazole rings is 2. The first-order valence-electron chi connectivity index (χ1n) is 15.2. The number of ether oxygens (including phenoxy) is 6. The molecule has 3 aliphatic heterocycles. The number of anilines is 2. The summed E-state index contributed by atoms with van der Waals surface area (Å²) in [4.78, 5) is 48.1. The van der Waals surface area contributed by atoms with Crippen molar-refractivity contribution >= 4 is 34.2 Å². The van der Waals surface area contributed by atoms with E-state index in [1.807, 2.05) is 6.92 Å². The second kappa shape index (κ2) is 12.3. The summed E-state index contributed by atoms with van der Waals surface area (Å²) in [6, 6.07) is -0.0681. The maximum Gasteiger partial charge on any atom is 0.284 e. The van der Waals surface area contributed by atoms with Gasteiger partial charge in [-0.2, -0.15) is 9.97 Å². The van der Waals surface area contributed by atoms with Crippen LogP contribution in [0.5, 0.6) is 0 Å². The van der Waals surface area contributed by atoms with Crippen molar-refractivity contribution in [2.24, 2.45) is 0 Å². The normalized spacial score (nSPS) is 29.4. The number of aromatic amines is 1. The molecule has 0 spiro atoms. The van der Waals surface area contributed by atoms with Crippen molar-refractivity contribution in [1.82, 2.24) is 38.6 Å². The van der Waals surface area contributed by atoms with Crippen molar-refractivity contribution in [3.05, 3.63) is 33.4 Å². The van der Waals surface area contributed by atoms with Gasteiger partial charge in [-0.25, -0.2) is 9.97 Å². The van der Waals surface area contributed by atoms with E-state index in [1.165, 1.54) is 10.9 Å². The molecule has 4 aromatic heterocycles. The molecule has 0 bridgehead atoms. The van der Waals surface area contributed by atoms with E-state index in [1.54, 1.807) is 43.9 Å². The van der Waals surface area contributed by atoms with Gasteiger partial charge < -0.3 is 39.1 Å². The van der Waals surface area contributed by atoms with E-state index >= 15 is 0 Å². The molecule has 2 fully saturated rings. The monoisotopic (exact) mass is 642 g/mol. The van der Waals surface area contributed by atoms with Gasteiger partial charge in [-0.15, -0.1) is 0 Å². The van der Waals surface area contributed by atoms with E-state index in [9.17, 15) is 9.59 Å². The van der Waals surface area contributed by atoms with E-state index < -0.39 is 24.2 Å². The quantitative estimate of drug-likeness (QED) is 0.219. The highest BCUT2D eigenvalue weighted by atomic mass is 16.6. The van der Waals surface area contributed by atoms with Crippen molar-refractivity contribution in [3.63, 3.8) is 0 Å². The second-order valence-electron chi connectivity index (χ2n) is 11.8. The van der Waals surface area contributed by atoms with Crippen LogP contribution in [0, 0.1) is 0 Å². The Kier molecular flexibility index (Phi) is 8.24. The molecule has 2 saturated heterocycles. The summed E-state index contributed by atoms with van der Waals surface area (Å²) in [5.41, 5.74) is 0.300. The number of fused-ring (bicyclic) bond motifs is 3. The fourth-order valence-electron chi connectivity index (χ4n) is 6.66. The van der Waals surface area contributed by atoms with Crippen LogP contribution in [0.2, 0.25) is 0 Å². The lowest BCUT2D eigenvalue weighted by molar-refractivity contribution is -0.0597. The van der Waals surface area contributed by atoms with Gasteiger partial charge >= 0.3 is 0 Å². The molecule has 18 heteroatoms. The minimum Gasteiger partial charge on any atom is -0.382 e. The Hall–Kier alpha value is -3.94. The van der Waals surface area contributed by atoms with Gasteiger partial charge in [0.25, 0.3) is 11.1 Å². The molecule has 2 unspecified atom stereocenters. The zero-order valence-corrected chi connectivity index (χ0v) is 26.2. The minimum atomic E-state index is -0.601. The lowest BCUT2D eigenvalue weighted by Gasteiger charge is -2.32. The number of H-pyrrole nitrogens is 1. The Morgan fingerprint density at radius 1 is 0.870 bits per heavy atom. The van der Waals surface area contributed by atoms with Crippen LogP contribution in [-0.2, 0) is 28.4 Å². The molecule has 7 rings (SSSR count). The summed E-state index contributed by atoms with van der Waals surface area (Å²) in [7, 11) is 6.47. The fraction of sp³-hybridized carbons (Fsp3) is 0.643. The molecule has 7 heterocycles. The molecule has 0 amide bonds. The minimum absolute atomic E-state index is 0.0681. The van der Waals surface area contributed by atoms with E-state index in [0.29, 0.717) is 49.7 Å². The number of methoxy groups -OCH3 is 4. The molecule has 46 heavy (non-hydrogen) atoms. The molecule has 0 radical (unpaired) electrons. The summed E-state index contributed by atoms with van der Waals surface area (Å²) >= 11 is 0. The second-order valence-corrected chi connectivity index (χ2v) is 11.8. The van der Waals surface area contributed by atoms with Gasteiger partial charge in [-0.1, -0.05) is 0 Å². The van der Waals surface area contributed by atoms with Crippen LogP contribution >= 0.6 is 0 Å². The zero-order valence-electron chi connectivity index (χ0n) is 26.2. The Bertz CT molecular complexity index is 1840. The third kappa shape index (κ3) is 5.23. The Balaban J connectivity index is 1.20. The number of rotatable bonds is 10. The highest BCUT2D eigenvalue weighted by Gasteiger charge is 2.39. The fourth-order valence-corrected chi connectivity index (χ4v) is 6.66. The van der Waals surface area contributed by atoms with E-state index in [0.717, 1.165) is 0 Å². The van der Waals surface area contributed by atoms with Gasteiger partial charge in [0.2, 0.25) is 11.9 Å². The molecule has 4 aromatic rings. The van der Waals surface area contributed by atoms with Crippen molar-refractivity contribution in [3.8, 4) is 0 Å². The van der Waals surface area contributed by atoms with E-state index in [4.69, 9.17) is 38.4 Å². The number of aromatic nitrogens is 8. The van der Waals surface area contributed by atoms with Crippen LogP contribution in [0.3, 0.4) is 0 Å². The van der Waals surface area contributed by atoms with Gasteiger partial charge in [0, 0.05) is 53.7 Å². The smallest absolute Gasteiger partial charge is 0.284 e. The van der Waals surface area contributed by atoms with E-state index in [2.05, 4.69) is 25.6 Å². The average Bonchev–Trinajstić information content (AvgIpc) is 3.82. The SMILES string of the molecule is COC[C@H]1O[C@@H](n2cnc3c(=O)[nH]c(NC4CC(C)Nc5nc6c(ncn6[C@H]6C[C@H](OC)[C@@H](COC)O6)c(=O)n54)nc32)C[C@@H]1OC. The first kappa shape index (κ1) is 30.7. The van der Waals surface area contributed by atoms with Crippen LogP contribution in [0.25, 0.3) is 22.3 Å². The molecule has 248 valence electrons. The van der Waals surface area contributed by atoms with E-state index in [-0.39, 0.29) is 53.0 Å². The van der Waals surface area contributed by atoms with Crippen molar-refractivity contribution < 1.29 is 28.4 Å². The topological polar surface area (TPSA) is 196 Å². The number of nitrogens with one attached hydrogen (secondary N) is 3. The number of nitrogens with zero attached hydrogens (tertiary/aromatic N) is 7. The molecule has 8 atom stereocenters. The Morgan fingerprint density at radius 2 is 1.46 bits per heavy atom. The highest BCUT2D eigenvalue weighted by Crippen LogP contribution is 2.34. The molecule has 0 aliphatic carbocycles. The highest BCUT2D eigenvalue weighted by molar-refractivity contribution is 5.72. The van der Waals surface area contributed by atoms with Crippen LogP contribution in [0.15, 0.2) is 22.2 Å². The van der Waals surface area contributed by atoms with Crippen molar-refractivity contribution in [1.29, 1.82) is 0 Å². The van der Waals surface area contributed by atoms with Crippen LogP contribution < -0.4 is 21.8 Å². The summed E-state index contributed by atoms with van der Waals surface area (Å²) in [6.45, 7) is 2.72. The molecule has 3 N–H and O–H groups in total. The summed E-state index contributed by atoms with van der Waals surface area (Å²) in [6.07, 6.45) is 2.26. The first-order valence-corrected chi connectivity index (χ1v) is 15.2. The largest absolute Gasteiger partial charge is 0.382 e. The maximum atomic E-state index is 13.9. The standard InChI is InChI=1S/C28H38N10O8/c1-13-6-18(32-27-33-23-21(25(39)35-27)29-11-36(23)19-7-14(43-4)16(45-19)9-41-2)38-26(40)22-24(34-28(38)31-13)37(12-30-22)20-8-15(44-5)17(46-20)10-42-3/h11-20H,6-10H2,1-5H3,(H,31,34)(H2,32,33,35,39)/t13?,14-,15-,16+,17+,18?,19+,20+/m0/s1. The van der Waals surface area contributed by atoms with Crippen LogP contribution in [-0.4, -0.2) is 111 Å². The number of hydrogen-bond donors (Lipinski definition) is 3. The summed E-state index contributed by atoms with van der Waals surface area (Å²) in [5, 5.41) is 6.57. The van der Waals surface area contributed by atoms with Gasteiger partial charge in [0.05, 0.1) is 38.1 Å². The lowest BCUT2D eigenvalue weighted by Crippen LogP contribution is -2.41. The van der Waals surface area contributed by atoms with Gasteiger partial charge in [0.1, 0.15) is 30.8 Å². The maximum absolute atomic E-state index is 13.9. The summed E-state index contributed by atoms with van der Waals surface area (Å²) < 4.78 is 39.1. The van der Waals surface area contributed by atoms with Crippen LogP contribution in [0.4, 0.5) is 11.9 Å².